The molecule has 1 heteroatoms. The number of hydrogen-bond acceptors (Lipinski definition) is 1. The molecule has 2 aliphatic carbocycles. The molecule has 1 aromatic carbocycles. The average Bonchev–Trinajstić information content (AvgIpc) is 2.51. The van der Waals surface area contributed by atoms with Crippen LogP contribution in [-0.2, 0) is 0 Å². The Kier molecular flexibility index (Phi) is 1.26. The van der Waals surface area contributed by atoms with E-state index in [0.717, 1.165) is 17.5 Å². The molecule has 13 heavy (non-hydrogen) atoms. The summed E-state index contributed by atoms with van der Waals surface area (Å²) >= 11 is 0. The first-order chi connectivity index (χ1) is 6.36. The second-order valence-corrected chi connectivity index (χ2v) is 3.79. The quantitative estimate of drug-likeness (QED) is 0.545. The van der Waals surface area contributed by atoms with Gasteiger partial charge in [0.15, 0.2) is 5.43 Å². The van der Waals surface area contributed by atoms with Crippen LogP contribution in [0.2, 0.25) is 0 Å². The molecular weight excluding hydrogens is 160 g/mol. The van der Waals surface area contributed by atoms with Crippen LogP contribution < -0.4 is 5.43 Å². The molecule has 0 saturated heterocycles. The fourth-order valence-electron chi connectivity index (χ4n) is 2.38. The molecule has 0 fully saturated rings. The first-order valence-electron chi connectivity index (χ1n) is 4.68. The maximum atomic E-state index is 11.9. The average molecular weight is 170 g/mol. The van der Waals surface area contributed by atoms with Gasteiger partial charge in [-0.05, 0) is 6.42 Å². The molecule has 2 atom stereocenters. The van der Waals surface area contributed by atoms with E-state index in [1.807, 2.05) is 24.3 Å². The Balaban J connectivity index is 2.45. The molecule has 0 radical (unpaired) electrons. The second kappa shape index (κ2) is 2.32. The van der Waals surface area contributed by atoms with Crippen LogP contribution in [0.3, 0.4) is 0 Å². The molecule has 4 bridgehead atoms. The third kappa shape index (κ3) is 0.844. The monoisotopic (exact) mass is 170 g/mol. The van der Waals surface area contributed by atoms with E-state index in [2.05, 4.69) is 12.2 Å². The van der Waals surface area contributed by atoms with E-state index >= 15 is 0 Å². The summed E-state index contributed by atoms with van der Waals surface area (Å²) in [6.45, 7) is 0. The van der Waals surface area contributed by atoms with Crippen molar-refractivity contribution in [2.45, 2.75) is 18.3 Å². The second-order valence-electron chi connectivity index (χ2n) is 3.79. The molecule has 0 amide bonds. The van der Waals surface area contributed by atoms with Gasteiger partial charge in [0.1, 0.15) is 0 Å². The SMILES string of the molecule is O=c1c2ccccc1C1C=CC2C1. The number of hydrogen-bond donors (Lipinski definition) is 0. The van der Waals surface area contributed by atoms with Crippen LogP contribution >= 0.6 is 0 Å². The van der Waals surface area contributed by atoms with Gasteiger partial charge in [-0.15, -0.1) is 0 Å². The lowest BCUT2D eigenvalue weighted by molar-refractivity contribution is 0.688. The third-order valence-corrected chi connectivity index (χ3v) is 3.07. The molecule has 0 saturated carbocycles. The highest BCUT2D eigenvalue weighted by Gasteiger charge is 2.29. The van der Waals surface area contributed by atoms with Gasteiger partial charge in [0.05, 0.1) is 0 Å². The van der Waals surface area contributed by atoms with Gasteiger partial charge >= 0.3 is 0 Å². The minimum absolute atomic E-state index is 0.260. The van der Waals surface area contributed by atoms with E-state index in [9.17, 15) is 4.79 Å². The summed E-state index contributed by atoms with van der Waals surface area (Å²) in [7, 11) is 0. The summed E-state index contributed by atoms with van der Waals surface area (Å²) in [5, 5.41) is 0. The molecule has 1 nitrogen and oxygen atoms in total. The summed E-state index contributed by atoms with van der Waals surface area (Å²) < 4.78 is 0. The van der Waals surface area contributed by atoms with Gasteiger partial charge in [0.25, 0.3) is 0 Å². The minimum Gasteiger partial charge on any atom is -0.289 e. The zero-order chi connectivity index (χ0) is 8.84. The minimum atomic E-state index is 0.260. The molecule has 2 unspecified atom stereocenters. The first kappa shape index (κ1) is 7.07. The van der Waals surface area contributed by atoms with Crippen molar-refractivity contribution >= 4 is 0 Å². The lowest BCUT2D eigenvalue weighted by Crippen LogP contribution is -2.20. The third-order valence-electron chi connectivity index (χ3n) is 3.07. The Bertz CT molecular complexity index is 407. The highest BCUT2D eigenvalue weighted by Crippen LogP contribution is 2.39. The lowest BCUT2D eigenvalue weighted by atomic mass is 9.86. The Morgan fingerprint density at radius 2 is 1.54 bits per heavy atom. The molecule has 0 spiro atoms. The zero-order valence-corrected chi connectivity index (χ0v) is 7.23. The van der Waals surface area contributed by atoms with Crippen LogP contribution in [0.4, 0.5) is 0 Å². The topological polar surface area (TPSA) is 17.1 Å². The van der Waals surface area contributed by atoms with Gasteiger partial charge in [-0.25, -0.2) is 0 Å². The van der Waals surface area contributed by atoms with Crippen LogP contribution in [0, 0.1) is 0 Å². The van der Waals surface area contributed by atoms with Gasteiger partial charge in [0.2, 0.25) is 0 Å². The van der Waals surface area contributed by atoms with Crippen molar-refractivity contribution in [1.29, 1.82) is 0 Å². The normalized spacial score (nSPS) is 27.7. The largest absolute Gasteiger partial charge is 0.289 e. The van der Waals surface area contributed by atoms with E-state index in [0.29, 0.717) is 11.8 Å². The van der Waals surface area contributed by atoms with Crippen molar-refractivity contribution in [3.8, 4) is 0 Å². The van der Waals surface area contributed by atoms with E-state index in [4.69, 9.17) is 0 Å². The van der Waals surface area contributed by atoms with E-state index in [1.165, 1.54) is 0 Å². The van der Waals surface area contributed by atoms with Crippen LogP contribution in [0.15, 0.2) is 41.2 Å². The summed E-state index contributed by atoms with van der Waals surface area (Å²) in [4.78, 5) is 11.9. The Hall–Kier alpha value is -1.37. The Morgan fingerprint density at radius 1 is 1.00 bits per heavy atom. The fraction of sp³-hybridized carbons (Fsp3) is 0.250. The van der Waals surface area contributed by atoms with Crippen LogP contribution in [0.25, 0.3) is 0 Å². The van der Waals surface area contributed by atoms with Crippen molar-refractivity contribution in [1.82, 2.24) is 0 Å². The Morgan fingerprint density at radius 3 is 2.08 bits per heavy atom. The molecule has 0 aliphatic heterocycles. The summed E-state index contributed by atoms with van der Waals surface area (Å²) in [6.07, 6.45) is 5.45. The first-order valence-corrected chi connectivity index (χ1v) is 4.68. The summed E-state index contributed by atoms with van der Waals surface area (Å²) in [5.74, 6) is 0.773. The van der Waals surface area contributed by atoms with Crippen molar-refractivity contribution in [3.05, 3.63) is 57.8 Å². The molecule has 3 rings (SSSR count). The van der Waals surface area contributed by atoms with Crippen molar-refractivity contribution in [2.75, 3.05) is 0 Å². The van der Waals surface area contributed by atoms with Crippen LogP contribution in [-0.4, -0.2) is 0 Å². The number of allylic oxidation sites excluding steroid dienone is 2. The van der Waals surface area contributed by atoms with E-state index < -0.39 is 0 Å². The predicted molar refractivity (Wildman–Crippen MR) is 52.0 cm³/mol. The van der Waals surface area contributed by atoms with Crippen molar-refractivity contribution in [2.24, 2.45) is 0 Å². The molecule has 0 aromatic heterocycles. The van der Waals surface area contributed by atoms with Gasteiger partial charge in [-0.3, -0.25) is 4.79 Å². The van der Waals surface area contributed by atoms with Crippen molar-refractivity contribution in [3.63, 3.8) is 0 Å². The number of rotatable bonds is 0. The van der Waals surface area contributed by atoms with E-state index in [1.54, 1.807) is 0 Å². The molecule has 1 aromatic rings. The van der Waals surface area contributed by atoms with E-state index in [-0.39, 0.29) is 5.43 Å². The van der Waals surface area contributed by atoms with Crippen molar-refractivity contribution < 1.29 is 0 Å². The maximum Gasteiger partial charge on any atom is 0.186 e. The van der Waals surface area contributed by atoms with Gasteiger partial charge in [0, 0.05) is 23.0 Å². The molecule has 64 valence electrons. The highest BCUT2D eigenvalue weighted by molar-refractivity contribution is 5.40. The van der Waals surface area contributed by atoms with Gasteiger partial charge < -0.3 is 0 Å². The fourth-order valence-corrected chi connectivity index (χ4v) is 2.38. The van der Waals surface area contributed by atoms with Crippen LogP contribution in [0.1, 0.15) is 29.4 Å². The summed E-state index contributed by atoms with van der Waals surface area (Å²) in [5.41, 5.74) is 2.21. The van der Waals surface area contributed by atoms with Gasteiger partial charge in [-0.1, -0.05) is 36.4 Å². The molecule has 0 heterocycles. The highest BCUT2D eigenvalue weighted by atomic mass is 16.1. The molecule has 0 N–H and O–H groups in total. The molecule has 2 aliphatic rings. The van der Waals surface area contributed by atoms with Gasteiger partial charge in [-0.2, -0.15) is 0 Å². The standard InChI is InChI=1S/C12H10O/c13-12-10-3-1-2-4-11(12)9-6-5-8(10)7-9/h1-6,8-9H,7H2. The maximum absolute atomic E-state index is 11.9. The number of fused-ring (bicyclic) bond motifs is 6. The van der Waals surface area contributed by atoms with Crippen LogP contribution in [0.5, 0.6) is 0 Å². The smallest absolute Gasteiger partial charge is 0.186 e. The zero-order valence-electron chi connectivity index (χ0n) is 7.23. The predicted octanol–water partition coefficient (Wildman–Crippen LogP) is 2.19. The lowest BCUT2D eigenvalue weighted by Gasteiger charge is -2.15. The Labute approximate surface area is 76.7 Å². The molecular formula is C12H10O. The summed E-state index contributed by atoms with van der Waals surface area (Å²) in [6, 6.07) is 7.86.